The predicted molar refractivity (Wildman–Crippen MR) is 78.3 cm³/mol. The molecule has 5 heteroatoms. The van der Waals surface area contributed by atoms with Gasteiger partial charge in [-0.25, -0.2) is 4.39 Å². The highest BCUT2D eigenvalue weighted by Crippen LogP contribution is 2.23. The maximum absolute atomic E-state index is 12.9. The monoisotopic (exact) mass is 289 g/mol. The number of nitrogens with zero attached hydrogens (tertiary/aromatic N) is 3. The molecule has 1 N–H and O–H groups in total. The Balaban J connectivity index is 1.52. The van der Waals surface area contributed by atoms with Gasteiger partial charge in [0.05, 0.1) is 12.1 Å². The minimum Gasteiger partial charge on any atom is -0.387 e. The van der Waals surface area contributed by atoms with Crippen LogP contribution in [-0.4, -0.2) is 39.4 Å². The summed E-state index contributed by atoms with van der Waals surface area (Å²) in [6.45, 7) is 2.49. The third-order valence-corrected chi connectivity index (χ3v) is 4.14. The molecule has 0 amide bonds. The smallest absolute Gasteiger partial charge is 0.123 e. The topological polar surface area (TPSA) is 41.3 Å². The minimum atomic E-state index is -0.563. The van der Waals surface area contributed by atoms with Crippen LogP contribution in [0.2, 0.25) is 0 Å². The van der Waals surface area contributed by atoms with E-state index in [2.05, 4.69) is 10.00 Å². The summed E-state index contributed by atoms with van der Waals surface area (Å²) >= 11 is 0. The van der Waals surface area contributed by atoms with Crippen LogP contribution in [-0.2, 0) is 0 Å². The molecule has 1 fully saturated rings. The van der Waals surface area contributed by atoms with Crippen LogP contribution in [0.3, 0.4) is 0 Å². The maximum atomic E-state index is 12.9. The number of hydrogen-bond donors (Lipinski definition) is 1. The number of β-amino-alcohol motifs (C(OH)–C–C–N with tert-alkyl or cyclic N) is 1. The van der Waals surface area contributed by atoms with Crippen molar-refractivity contribution in [3.8, 4) is 0 Å². The van der Waals surface area contributed by atoms with Crippen LogP contribution < -0.4 is 0 Å². The summed E-state index contributed by atoms with van der Waals surface area (Å²) in [5.41, 5.74) is 0.769. The molecule has 0 saturated carbocycles. The minimum absolute atomic E-state index is 0.272. The van der Waals surface area contributed by atoms with Gasteiger partial charge in [0.1, 0.15) is 5.82 Å². The zero-order valence-electron chi connectivity index (χ0n) is 11.9. The molecule has 1 aromatic heterocycles. The molecule has 4 nitrogen and oxygen atoms in total. The van der Waals surface area contributed by atoms with E-state index in [-0.39, 0.29) is 5.82 Å². The van der Waals surface area contributed by atoms with Gasteiger partial charge in [0.15, 0.2) is 0 Å². The first kappa shape index (κ1) is 14.2. The van der Waals surface area contributed by atoms with E-state index >= 15 is 0 Å². The number of piperidine rings is 1. The standard InChI is InChI=1S/C16H20FN3O/c17-14-4-2-13(3-5-14)16(21)12-19-10-6-15(7-11-19)20-9-1-8-18-20/h1-5,8-9,15-16,21H,6-7,10-12H2. The van der Waals surface area contributed by atoms with Crippen molar-refractivity contribution >= 4 is 0 Å². The summed E-state index contributed by atoms with van der Waals surface area (Å²) in [7, 11) is 0. The molecule has 1 unspecified atom stereocenters. The van der Waals surface area contributed by atoms with Gasteiger partial charge < -0.3 is 10.0 Å². The second-order valence-electron chi connectivity index (χ2n) is 5.59. The van der Waals surface area contributed by atoms with Crippen molar-refractivity contribution in [2.24, 2.45) is 0 Å². The molecule has 0 bridgehead atoms. The van der Waals surface area contributed by atoms with E-state index < -0.39 is 6.10 Å². The first-order valence-electron chi connectivity index (χ1n) is 7.37. The third-order valence-electron chi connectivity index (χ3n) is 4.14. The molecule has 1 aliphatic rings. The average molecular weight is 289 g/mol. The molecule has 1 aliphatic heterocycles. The van der Waals surface area contributed by atoms with Crippen LogP contribution in [0.25, 0.3) is 0 Å². The largest absolute Gasteiger partial charge is 0.387 e. The summed E-state index contributed by atoms with van der Waals surface area (Å²) in [4.78, 5) is 2.26. The SMILES string of the molecule is OC(CN1CCC(n2cccn2)CC1)c1ccc(F)cc1. The zero-order valence-corrected chi connectivity index (χ0v) is 11.9. The van der Waals surface area contributed by atoms with E-state index in [9.17, 15) is 9.50 Å². The number of aliphatic hydroxyl groups is 1. The number of benzene rings is 1. The Kier molecular flexibility index (Phi) is 4.31. The fourth-order valence-electron chi connectivity index (χ4n) is 2.90. The van der Waals surface area contributed by atoms with E-state index in [0.29, 0.717) is 12.6 Å². The number of rotatable bonds is 4. The Morgan fingerprint density at radius 1 is 1.24 bits per heavy atom. The van der Waals surface area contributed by atoms with Crippen LogP contribution in [0.1, 0.15) is 30.6 Å². The molecule has 0 spiro atoms. The van der Waals surface area contributed by atoms with Crippen molar-refractivity contribution in [2.75, 3.05) is 19.6 Å². The Bertz CT molecular complexity index is 547. The van der Waals surface area contributed by atoms with Crippen LogP contribution >= 0.6 is 0 Å². The second-order valence-corrected chi connectivity index (χ2v) is 5.59. The molecule has 3 rings (SSSR count). The van der Waals surface area contributed by atoms with Gasteiger partial charge in [-0.15, -0.1) is 0 Å². The van der Waals surface area contributed by atoms with Gasteiger partial charge in [-0.2, -0.15) is 5.10 Å². The zero-order chi connectivity index (χ0) is 14.7. The highest BCUT2D eigenvalue weighted by Gasteiger charge is 2.22. The van der Waals surface area contributed by atoms with E-state index in [0.717, 1.165) is 31.5 Å². The third kappa shape index (κ3) is 3.49. The van der Waals surface area contributed by atoms with Gasteiger partial charge in [-0.1, -0.05) is 12.1 Å². The highest BCUT2D eigenvalue weighted by atomic mass is 19.1. The van der Waals surface area contributed by atoms with Crippen LogP contribution in [0.5, 0.6) is 0 Å². The molecule has 112 valence electrons. The summed E-state index contributed by atoms with van der Waals surface area (Å²) in [6.07, 6.45) is 5.33. The molecule has 0 aliphatic carbocycles. The summed E-state index contributed by atoms with van der Waals surface area (Å²) in [6, 6.07) is 8.49. The van der Waals surface area contributed by atoms with E-state index in [4.69, 9.17) is 0 Å². The van der Waals surface area contributed by atoms with Crippen LogP contribution in [0.4, 0.5) is 4.39 Å². The Morgan fingerprint density at radius 3 is 2.57 bits per heavy atom. The van der Waals surface area contributed by atoms with Crippen molar-refractivity contribution in [1.82, 2.24) is 14.7 Å². The van der Waals surface area contributed by atoms with Gasteiger partial charge >= 0.3 is 0 Å². The average Bonchev–Trinajstić information content (AvgIpc) is 3.03. The van der Waals surface area contributed by atoms with Crippen molar-refractivity contribution in [3.05, 3.63) is 54.1 Å². The maximum Gasteiger partial charge on any atom is 0.123 e. The lowest BCUT2D eigenvalue weighted by Crippen LogP contribution is -2.37. The highest BCUT2D eigenvalue weighted by molar-refractivity contribution is 5.18. The van der Waals surface area contributed by atoms with E-state index in [1.807, 2.05) is 23.1 Å². The predicted octanol–water partition coefficient (Wildman–Crippen LogP) is 2.39. The van der Waals surface area contributed by atoms with E-state index in [1.165, 1.54) is 12.1 Å². The molecule has 1 atom stereocenters. The summed E-state index contributed by atoms with van der Waals surface area (Å²) < 4.78 is 14.9. The van der Waals surface area contributed by atoms with Gasteiger partial charge in [0.2, 0.25) is 0 Å². The fourth-order valence-corrected chi connectivity index (χ4v) is 2.90. The molecular weight excluding hydrogens is 269 g/mol. The lowest BCUT2D eigenvalue weighted by molar-refractivity contribution is 0.0889. The van der Waals surface area contributed by atoms with Crippen molar-refractivity contribution in [1.29, 1.82) is 0 Å². The second kappa shape index (κ2) is 6.37. The first-order chi connectivity index (χ1) is 10.2. The van der Waals surface area contributed by atoms with Crippen LogP contribution in [0.15, 0.2) is 42.7 Å². The van der Waals surface area contributed by atoms with Gasteiger partial charge in [0.25, 0.3) is 0 Å². The first-order valence-corrected chi connectivity index (χ1v) is 7.37. The molecule has 2 heterocycles. The Morgan fingerprint density at radius 2 is 1.95 bits per heavy atom. The summed E-state index contributed by atoms with van der Waals surface area (Å²) in [5.74, 6) is -0.272. The number of aromatic nitrogens is 2. The fraction of sp³-hybridized carbons (Fsp3) is 0.438. The van der Waals surface area contributed by atoms with Gasteiger partial charge in [-0.05, 0) is 36.6 Å². The lowest BCUT2D eigenvalue weighted by Gasteiger charge is -2.33. The number of likely N-dealkylation sites (tertiary alicyclic amines) is 1. The molecule has 2 aromatic rings. The van der Waals surface area contributed by atoms with Gasteiger partial charge in [0, 0.05) is 32.0 Å². The van der Waals surface area contributed by atoms with Crippen molar-refractivity contribution in [2.45, 2.75) is 25.0 Å². The Hall–Kier alpha value is -1.72. The molecule has 21 heavy (non-hydrogen) atoms. The lowest BCUT2D eigenvalue weighted by atomic mass is 10.0. The van der Waals surface area contributed by atoms with Gasteiger partial charge in [-0.3, -0.25) is 4.68 Å². The Labute approximate surface area is 123 Å². The number of aliphatic hydroxyl groups excluding tert-OH is 1. The van der Waals surface area contributed by atoms with Crippen molar-refractivity contribution < 1.29 is 9.50 Å². The molecule has 1 aromatic carbocycles. The van der Waals surface area contributed by atoms with Crippen molar-refractivity contribution in [3.63, 3.8) is 0 Å². The normalized spacial score (nSPS) is 18.8. The summed E-state index contributed by atoms with van der Waals surface area (Å²) in [5, 5.41) is 14.5. The molecule has 1 saturated heterocycles. The van der Waals surface area contributed by atoms with Crippen LogP contribution in [0, 0.1) is 5.82 Å². The molecular formula is C16H20FN3O. The number of hydrogen-bond acceptors (Lipinski definition) is 3. The quantitative estimate of drug-likeness (QED) is 0.939. The molecule has 0 radical (unpaired) electrons. The number of halogens is 1. The van der Waals surface area contributed by atoms with E-state index in [1.54, 1.807) is 12.1 Å².